The van der Waals surface area contributed by atoms with E-state index in [0.29, 0.717) is 24.7 Å². The summed E-state index contributed by atoms with van der Waals surface area (Å²) in [7, 11) is 1.83. The van der Waals surface area contributed by atoms with Gasteiger partial charge in [-0.2, -0.15) is 5.10 Å². The van der Waals surface area contributed by atoms with Crippen LogP contribution in [-0.4, -0.2) is 36.8 Å². The van der Waals surface area contributed by atoms with Gasteiger partial charge in [0.15, 0.2) is 5.96 Å². The SMILES string of the molecule is CCNC(=NCc1ccc(-n2ccnc2C)c(F)c1)NCc1ncnn1C. The fourth-order valence-corrected chi connectivity index (χ4v) is 2.63. The molecule has 27 heavy (non-hydrogen) atoms. The maximum absolute atomic E-state index is 14.5. The van der Waals surface area contributed by atoms with E-state index in [4.69, 9.17) is 0 Å². The number of benzene rings is 1. The van der Waals surface area contributed by atoms with Gasteiger partial charge in [-0.15, -0.1) is 0 Å². The number of aryl methyl sites for hydroxylation is 2. The van der Waals surface area contributed by atoms with Crippen LogP contribution in [0.25, 0.3) is 5.69 Å². The van der Waals surface area contributed by atoms with E-state index >= 15 is 0 Å². The van der Waals surface area contributed by atoms with Crippen molar-refractivity contribution in [3.8, 4) is 5.69 Å². The first-order valence-electron chi connectivity index (χ1n) is 8.72. The summed E-state index contributed by atoms with van der Waals surface area (Å²) in [4.78, 5) is 12.8. The van der Waals surface area contributed by atoms with E-state index < -0.39 is 0 Å². The summed E-state index contributed by atoms with van der Waals surface area (Å²) in [5.41, 5.74) is 1.26. The molecular formula is C18H23FN8. The molecule has 0 amide bonds. The molecule has 2 N–H and O–H groups in total. The molecule has 3 aromatic rings. The lowest BCUT2D eigenvalue weighted by molar-refractivity contribution is 0.614. The average Bonchev–Trinajstić information content (AvgIpc) is 3.26. The summed E-state index contributed by atoms with van der Waals surface area (Å²) < 4.78 is 17.9. The summed E-state index contributed by atoms with van der Waals surface area (Å²) in [5.74, 6) is 1.87. The topological polar surface area (TPSA) is 84.9 Å². The van der Waals surface area contributed by atoms with E-state index in [1.807, 2.05) is 27.0 Å². The number of hydrogen-bond donors (Lipinski definition) is 2. The standard InChI is InChI=1S/C18H23FN8/c1-4-20-18(23-11-17-24-12-25-26(17)3)22-10-14-5-6-16(15(19)9-14)27-8-7-21-13(27)2/h5-9,12H,4,10-11H2,1-3H3,(H2,20,22,23). The quantitative estimate of drug-likeness (QED) is 0.510. The summed E-state index contributed by atoms with van der Waals surface area (Å²) in [6.45, 7) is 5.40. The number of halogens is 1. The van der Waals surface area contributed by atoms with Crippen LogP contribution < -0.4 is 10.6 Å². The van der Waals surface area contributed by atoms with Crippen LogP contribution in [0.3, 0.4) is 0 Å². The fourth-order valence-electron chi connectivity index (χ4n) is 2.63. The Kier molecular flexibility index (Phi) is 5.80. The number of nitrogens with one attached hydrogen (secondary N) is 2. The van der Waals surface area contributed by atoms with Crippen molar-refractivity contribution in [2.24, 2.45) is 12.0 Å². The van der Waals surface area contributed by atoms with Crippen molar-refractivity contribution in [1.82, 2.24) is 34.9 Å². The Labute approximate surface area is 157 Å². The first-order chi connectivity index (χ1) is 13.1. The third-order valence-corrected chi connectivity index (χ3v) is 4.08. The van der Waals surface area contributed by atoms with Gasteiger partial charge in [0.05, 0.1) is 18.8 Å². The number of aliphatic imine (C=N–C) groups is 1. The van der Waals surface area contributed by atoms with E-state index in [2.05, 4.69) is 30.7 Å². The molecule has 2 aromatic heterocycles. The zero-order valence-corrected chi connectivity index (χ0v) is 15.6. The van der Waals surface area contributed by atoms with Gasteiger partial charge in [0.25, 0.3) is 0 Å². The molecule has 0 saturated carbocycles. The maximum Gasteiger partial charge on any atom is 0.191 e. The highest BCUT2D eigenvalue weighted by Crippen LogP contribution is 2.17. The van der Waals surface area contributed by atoms with Crippen molar-refractivity contribution < 1.29 is 4.39 Å². The summed E-state index contributed by atoms with van der Waals surface area (Å²) >= 11 is 0. The molecule has 0 fully saturated rings. The molecule has 9 heteroatoms. The third-order valence-electron chi connectivity index (χ3n) is 4.08. The second kappa shape index (κ2) is 8.43. The number of nitrogens with zero attached hydrogens (tertiary/aromatic N) is 6. The molecule has 8 nitrogen and oxygen atoms in total. The highest BCUT2D eigenvalue weighted by molar-refractivity contribution is 5.79. The molecule has 0 spiro atoms. The van der Waals surface area contributed by atoms with E-state index in [1.54, 1.807) is 27.7 Å². The van der Waals surface area contributed by atoms with Crippen LogP contribution in [-0.2, 0) is 20.1 Å². The van der Waals surface area contributed by atoms with Crippen molar-refractivity contribution >= 4 is 5.96 Å². The molecule has 2 heterocycles. The minimum absolute atomic E-state index is 0.305. The van der Waals surface area contributed by atoms with Crippen LogP contribution in [0.2, 0.25) is 0 Å². The second-order valence-electron chi connectivity index (χ2n) is 5.98. The molecule has 0 bridgehead atoms. The smallest absolute Gasteiger partial charge is 0.191 e. The fraction of sp³-hybridized carbons (Fsp3) is 0.333. The van der Waals surface area contributed by atoms with Crippen LogP contribution in [0.4, 0.5) is 4.39 Å². The number of rotatable bonds is 6. The van der Waals surface area contributed by atoms with Crippen LogP contribution in [0, 0.1) is 12.7 Å². The van der Waals surface area contributed by atoms with Gasteiger partial charge in [-0.3, -0.25) is 4.68 Å². The van der Waals surface area contributed by atoms with Crippen molar-refractivity contribution in [1.29, 1.82) is 0 Å². The van der Waals surface area contributed by atoms with Crippen LogP contribution in [0.15, 0.2) is 41.9 Å². The van der Waals surface area contributed by atoms with Crippen molar-refractivity contribution in [3.05, 3.63) is 59.9 Å². The summed E-state index contributed by atoms with van der Waals surface area (Å²) in [6.07, 6.45) is 4.90. The molecule has 0 aliphatic rings. The molecule has 142 valence electrons. The van der Waals surface area contributed by atoms with Crippen LogP contribution in [0.1, 0.15) is 24.1 Å². The molecule has 0 aliphatic heterocycles. The Balaban J connectivity index is 1.69. The number of guanidine groups is 1. The van der Waals surface area contributed by atoms with Gasteiger partial charge < -0.3 is 15.2 Å². The molecular weight excluding hydrogens is 347 g/mol. The van der Waals surface area contributed by atoms with Gasteiger partial charge in [0, 0.05) is 26.0 Å². The van der Waals surface area contributed by atoms with Gasteiger partial charge in [0.1, 0.15) is 23.8 Å². The van der Waals surface area contributed by atoms with Gasteiger partial charge >= 0.3 is 0 Å². The predicted molar refractivity (Wildman–Crippen MR) is 101 cm³/mol. The van der Waals surface area contributed by atoms with Crippen molar-refractivity contribution in [2.75, 3.05) is 6.54 Å². The summed E-state index contributed by atoms with van der Waals surface area (Å²) in [6, 6.07) is 5.12. The Morgan fingerprint density at radius 2 is 2.11 bits per heavy atom. The van der Waals surface area contributed by atoms with E-state index in [-0.39, 0.29) is 5.82 Å². The molecule has 0 saturated heterocycles. The first kappa shape index (κ1) is 18.6. The molecule has 3 rings (SSSR count). The lowest BCUT2D eigenvalue weighted by atomic mass is 10.2. The zero-order chi connectivity index (χ0) is 19.2. The van der Waals surface area contributed by atoms with Gasteiger partial charge in [-0.05, 0) is 31.5 Å². The zero-order valence-electron chi connectivity index (χ0n) is 15.6. The monoisotopic (exact) mass is 370 g/mol. The Morgan fingerprint density at radius 1 is 1.26 bits per heavy atom. The largest absolute Gasteiger partial charge is 0.357 e. The van der Waals surface area contributed by atoms with E-state index in [1.165, 1.54) is 12.4 Å². The third kappa shape index (κ3) is 4.49. The molecule has 1 aromatic carbocycles. The lowest BCUT2D eigenvalue weighted by Gasteiger charge is -2.11. The number of hydrogen-bond acceptors (Lipinski definition) is 4. The average molecular weight is 370 g/mol. The lowest BCUT2D eigenvalue weighted by Crippen LogP contribution is -2.37. The highest BCUT2D eigenvalue weighted by Gasteiger charge is 2.08. The minimum Gasteiger partial charge on any atom is -0.357 e. The number of imidazole rings is 1. The van der Waals surface area contributed by atoms with Gasteiger partial charge in [0.2, 0.25) is 0 Å². The Morgan fingerprint density at radius 3 is 2.74 bits per heavy atom. The Hall–Kier alpha value is -3.23. The van der Waals surface area contributed by atoms with Crippen molar-refractivity contribution in [3.63, 3.8) is 0 Å². The van der Waals surface area contributed by atoms with Crippen LogP contribution >= 0.6 is 0 Å². The number of aromatic nitrogens is 5. The van der Waals surface area contributed by atoms with Crippen molar-refractivity contribution in [2.45, 2.75) is 26.9 Å². The minimum atomic E-state index is -0.305. The Bertz CT molecular complexity index is 927. The van der Waals surface area contributed by atoms with Gasteiger partial charge in [-0.1, -0.05) is 6.07 Å². The van der Waals surface area contributed by atoms with E-state index in [9.17, 15) is 4.39 Å². The second-order valence-corrected chi connectivity index (χ2v) is 5.98. The van der Waals surface area contributed by atoms with E-state index in [0.717, 1.165) is 23.8 Å². The highest BCUT2D eigenvalue weighted by atomic mass is 19.1. The summed E-state index contributed by atoms with van der Waals surface area (Å²) in [5, 5.41) is 10.4. The maximum atomic E-state index is 14.5. The van der Waals surface area contributed by atoms with Crippen LogP contribution in [0.5, 0.6) is 0 Å². The van der Waals surface area contributed by atoms with Gasteiger partial charge in [-0.25, -0.2) is 19.4 Å². The molecule has 0 aliphatic carbocycles. The first-order valence-corrected chi connectivity index (χ1v) is 8.72. The molecule has 0 atom stereocenters. The molecule has 0 radical (unpaired) electrons. The normalized spacial score (nSPS) is 11.6. The molecule has 0 unspecified atom stereocenters. The predicted octanol–water partition coefficient (Wildman–Crippen LogP) is 1.70.